The van der Waals surface area contributed by atoms with E-state index >= 15 is 0 Å². The van der Waals surface area contributed by atoms with Crippen molar-refractivity contribution in [2.24, 2.45) is 7.05 Å². The van der Waals surface area contributed by atoms with E-state index in [1.165, 1.54) is 0 Å². The Bertz CT molecular complexity index is 607. The van der Waals surface area contributed by atoms with E-state index in [-0.39, 0.29) is 11.9 Å². The first kappa shape index (κ1) is 16.1. The topological polar surface area (TPSA) is 50.6 Å². The van der Waals surface area contributed by atoms with Crippen LogP contribution >= 0.6 is 0 Å². The lowest BCUT2D eigenvalue weighted by Crippen LogP contribution is -2.51. The van der Waals surface area contributed by atoms with Crippen LogP contribution in [-0.2, 0) is 16.6 Å². The Hall–Kier alpha value is -1.82. The van der Waals surface area contributed by atoms with Gasteiger partial charge in [0.2, 0.25) is 0 Å². The zero-order valence-electron chi connectivity index (χ0n) is 14.3. The standard InChI is InChI=1S/C17H26N4O2/c1-4-20-9-10-21(12-15(20)16-18-7-8-19(16)3)17(22)14-6-5-11-23-13(14)2/h7-8,15H,4-6,9-12H2,1-3H3. The summed E-state index contributed by atoms with van der Waals surface area (Å²) in [5, 5.41) is 0. The molecule has 1 atom stereocenters. The molecule has 1 amide bonds. The summed E-state index contributed by atoms with van der Waals surface area (Å²) < 4.78 is 7.62. The van der Waals surface area contributed by atoms with E-state index < -0.39 is 0 Å². The fourth-order valence-corrected chi connectivity index (χ4v) is 3.51. The van der Waals surface area contributed by atoms with Crippen LogP contribution in [0.1, 0.15) is 38.6 Å². The third-order valence-corrected chi connectivity index (χ3v) is 4.91. The Labute approximate surface area is 137 Å². The van der Waals surface area contributed by atoms with Crippen molar-refractivity contribution in [2.75, 3.05) is 32.8 Å². The Kier molecular flexibility index (Phi) is 4.71. The van der Waals surface area contributed by atoms with Gasteiger partial charge in [-0.25, -0.2) is 4.98 Å². The summed E-state index contributed by atoms with van der Waals surface area (Å²) in [6, 6.07) is 0.156. The lowest BCUT2D eigenvalue weighted by molar-refractivity contribution is -0.131. The van der Waals surface area contributed by atoms with Gasteiger partial charge in [-0.05, 0) is 26.3 Å². The Morgan fingerprint density at radius 2 is 2.26 bits per heavy atom. The maximum Gasteiger partial charge on any atom is 0.253 e. The molecule has 2 aliphatic rings. The molecule has 1 aromatic rings. The highest BCUT2D eigenvalue weighted by Crippen LogP contribution is 2.27. The summed E-state index contributed by atoms with van der Waals surface area (Å²) in [6.07, 6.45) is 5.54. The lowest BCUT2D eigenvalue weighted by atomic mass is 10.0. The van der Waals surface area contributed by atoms with Crippen LogP contribution < -0.4 is 0 Å². The summed E-state index contributed by atoms with van der Waals surface area (Å²) in [6.45, 7) is 8.10. The minimum Gasteiger partial charge on any atom is -0.498 e. The van der Waals surface area contributed by atoms with Crippen LogP contribution in [0, 0.1) is 0 Å². The summed E-state index contributed by atoms with van der Waals surface area (Å²) in [7, 11) is 2.01. The molecular weight excluding hydrogens is 292 g/mol. The second-order valence-corrected chi connectivity index (χ2v) is 6.28. The molecule has 0 radical (unpaired) electrons. The van der Waals surface area contributed by atoms with Gasteiger partial charge in [0.05, 0.1) is 18.2 Å². The van der Waals surface area contributed by atoms with Gasteiger partial charge >= 0.3 is 0 Å². The molecule has 0 aliphatic carbocycles. The quantitative estimate of drug-likeness (QED) is 0.851. The Morgan fingerprint density at radius 1 is 1.43 bits per heavy atom. The molecular formula is C17H26N4O2. The van der Waals surface area contributed by atoms with E-state index in [0.717, 1.165) is 56.2 Å². The number of ether oxygens (including phenoxy) is 1. The molecule has 0 spiro atoms. The van der Waals surface area contributed by atoms with Crippen molar-refractivity contribution in [3.63, 3.8) is 0 Å². The lowest BCUT2D eigenvalue weighted by Gasteiger charge is -2.41. The fourth-order valence-electron chi connectivity index (χ4n) is 3.51. The molecule has 23 heavy (non-hydrogen) atoms. The van der Waals surface area contributed by atoms with Crippen LogP contribution in [-0.4, -0.2) is 58.0 Å². The molecule has 1 aromatic heterocycles. The molecule has 6 nitrogen and oxygen atoms in total. The summed E-state index contributed by atoms with van der Waals surface area (Å²) in [5.41, 5.74) is 0.847. The summed E-state index contributed by atoms with van der Waals surface area (Å²) in [5.74, 6) is 1.96. The Morgan fingerprint density at radius 3 is 2.91 bits per heavy atom. The molecule has 6 heteroatoms. The van der Waals surface area contributed by atoms with E-state index in [0.29, 0.717) is 6.54 Å². The van der Waals surface area contributed by atoms with Gasteiger partial charge in [-0.2, -0.15) is 0 Å². The van der Waals surface area contributed by atoms with E-state index in [1.54, 1.807) is 0 Å². The van der Waals surface area contributed by atoms with Crippen LogP contribution in [0.25, 0.3) is 0 Å². The fraction of sp³-hybridized carbons (Fsp3) is 0.647. The zero-order valence-corrected chi connectivity index (χ0v) is 14.3. The number of rotatable bonds is 3. The molecule has 0 bridgehead atoms. The van der Waals surface area contributed by atoms with Crippen LogP contribution in [0.4, 0.5) is 0 Å². The number of hydrogen-bond donors (Lipinski definition) is 0. The smallest absolute Gasteiger partial charge is 0.253 e. The largest absolute Gasteiger partial charge is 0.498 e. The van der Waals surface area contributed by atoms with Gasteiger partial charge in [-0.3, -0.25) is 9.69 Å². The van der Waals surface area contributed by atoms with Gasteiger partial charge in [-0.15, -0.1) is 0 Å². The van der Waals surface area contributed by atoms with Gasteiger partial charge in [0.15, 0.2) is 0 Å². The molecule has 1 saturated heterocycles. The average Bonchev–Trinajstić information content (AvgIpc) is 3.00. The number of amides is 1. The van der Waals surface area contributed by atoms with Crippen molar-refractivity contribution in [3.05, 3.63) is 29.6 Å². The second kappa shape index (κ2) is 6.74. The number of likely N-dealkylation sites (N-methyl/N-ethyl adjacent to an activating group) is 1. The highest BCUT2D eigenvalue weighted by Gasteiger charge is 2.33. The zero-order chi connectivity index (χ0) is 16.4. The molecule has 2 aliphatic heterocycles. The van der Waals surface area contributed by atoms with Crippen molar-refractivity contribution in [1.82, 2.24) is 19.4 Å². The van der Waals surface area contributed by atoms with Gasteiger partial charge in [0.25, 0.3) is 5.91 Å². The SMILES string of the molecule is CCN1CCN(C(=O)C2=C(C)OCCC2)CC1c1nccn1C. The third-order valence-electron chi connectivity index (χ3n) is 4.91. The van der Waals surface area contributed by atoms with Crippen LogP contribution in [0.5, 0.6) is 0 Å². The highest BCUT2D eigenvalue weighted by molar-refractivity contribution is 5.94. The number of aryl methyl sites for hydroxylation is 1. The van der Waals surface area contributed by atoms with Gasteiger partial charge in [0, 0.05) is 39.1 Å². The maximum atomic E-state index is 12.9. The number of piperazine rings is 1. The van der Waals surface area contributed by atoms with E-state index in [4.69, 9.17) is 4.74 Å². The molecule has 0 N–H and O–H groups in total. The van der Waals surface area contributed by atoms with Crippen LogP contribution in [0.15, 0.2) is 23.7 Å². The summed E-state index contributed by atoms with van der Waals surface area (Å²) in [4.78, 5) is 21.8. The monoisotopic (exact) mass is 318 g/mol. The van der Waals surface area contributed by atoms with Gasteiger partial charge in [0.1, 0.15) is 11.6 Å². The van der Waals surface area contributed by atoms with Crippen molar-refractivity contribution in [1.29, 1.82) is 0 Å². The van der Waals surface area contributed by atoms with Crippen molar-refractivity contribution in [3.8, 4) is 0 Å². The molecule has 126 valence electrons. The normalized spacial score (nSPS) is 23.1. The van der Waals surface area contributed by atoms with Crippen molar-refractivity contribution in [2.45, 2.75) is 32.7 Å². The number of imidazole rings is 1. The van der Waals surface area contributed by atoms with Gasteiger partial charge in [-0.1, -0.05) is 6.92 Å². The van der Waals surface area contributed by atoms with Crippen LogP contribution in [0.3, 0.4) is 0 Å². The number of nitrogens with zero attached hydrogens (tertiary/aromatic N) is 4. The maximum absolute atomic E-state index is 12.9. The average molecular weight is 318 g/mol. The third kappa shape index (κ3) is 3.13. The number of carbonyl (C=O) groups excluding carboxylic acids is 1. The predicted octanol–water partition coefficient (Wildman–Crippen LogP) is 1.71. The van der Waals surface area contributed by atoms with E-state index in [2.05, 4.69) is 21.4 Å². The molecule has 3 heterocycles. The minimum absolute atomic E-state index is 0.136. The Balaban J connectivity index is 1.80. The first-order chi connectivity index (χ1) is 11.1. The van der Waals surface area contributed by atoms with Crippen molar-refractivity contribution < 1.29 is 9.53 Å². The predicted molar refractivity (Wildman–Crippen MR) is 87.7 cm³/mol. The number of hydrogen-bond acceptors (Lipinski definition) is 4. The molecule has 0 saturated carbocycles. The van der Waals surface area contributed by atoms with Crippen LogP contribution in [0.2, 0.25) is 0 Å². The highest BCUT2D eigenvalue weighted by atomic mass is 16.5. The first-order valence-corrected chi connectivity index (χ1v) is 8.45. The molecule has 0 aromatic carbocycles. The molecule has 1 unspecified atom stereocenters. The summed E-state index contributed by atoms with van der Waals surface area (Å²) >= 11 is 0. The number of allylic oxidation sites excluding steroid dienone is 1. The number of carbonyl (C=O) groups is 1. The molecule has 3 rings (SSSR count). The first-order valence-electron chi connectivity index (χ1n) is 8.45. The second-order valence-electron chi connectivity index (χ2n) is 6.28. The van der Waals surface area contributed by atoms with E-state index in [9.17, 15) is 4.79 Å². The number of aromatic nitrogens is 2. The van der Waals surface area contributed by atoms with E-state index in [1.807, 2.05) is 31.3 Å². The molecule has 1 fully saturated rings. The minimum atomic E-state index is 0.136. The van der Waals surface area contributed by atoms with Crippen molar-refractivity contribution >= 4 is 5.91 Å². The van der Waals surface area contributed by atoms with Gasteiger partial charge < -0.3 is 14.2 Å².